The van der Waals surface area contributed by atoms with Crippen LogP contribution in [0.2, 0.25) is 5.02 Å². The molecule has 29 heavy (non-hydrogen) atoms. The molecule has 0 bridgehead atoms. The third kappa shape index (κ3) is 7.71. The number of thioether (sulfide) groups is 1. The van der Waals surface area contributed by atoms with E-state index in [9.17, 15) is 14.0 Å². The lowest BCUT2D eigenvalue weighted by atomic mass is 10.1. The molecule has 0 saturated carbocycles. The van der Waals surface area contributed by atoms with E-state index in [0.29, 0.717) is 23.9 Å². The first-order valence-electron chi connectivity index (χ1n) is 9.54. The van der Waals surface area contributed by atoms with Crippen molar-refractivity contribution in [1.29, 1.82) is 0 Å². The van der Waals surface area contributed by atoms with Crippen LogP contribution in [0.1, 0.15) is 31.4 Å². The van der Waals surface area contributed by atoms with Gasteiger partial charge in [0.25, 0.3) is 0 Å². The molecule has 0 spiro atoms. The van der Waals surface area contributed by atoms with Crippen LogP contribution < -0.4 is 5.32 Å². The Morgan fingerprint density at radius 2 is 1.72 bits per heavy atom. The first-order chi connectivity index (χ1) is 13.9. The molecule has 0 radical (unpaired) electrons. The summed E-state index contributed by atoms with van der Waals surface area (Å²) in [6.45, 7) is 4.62. The highest BCUT2D eigenvalue weighted by Crippen LogP contribution is 2.17. The van der Waals surface area contributed by atoms with Crippen LogP contribution in [0.25, 0.3) is 0 Å². The second-order valence-electron chi connectivity index (χ2n) is 6.73. The number of halogens is 2. The SMILES string of the molecule is CCCNC(=O)[C@@H](C)N(Cc1ccc(Cl)cc1)C(=O)CSCc1ccc(F)cc1. The highest BCUT2D eigenvalue weighted by Gasteiger charge is 2.25. The van der Waals surface area contributed by atoms with E-state index in [-0.39, 0.29) is 23.4 Å². The minimum absolute atomic E-state index is 0.119. The lowest BCUT2D eigenvalue weighted by Gasteiger charge is -2.28. The van der Waals surface area contributed by atoms with Gasteiger partial charge in [0.15, 0.2) is 0 Å². The lowest BCUT2D eigenvalue weighted by Crippen LogP contribution is -2.48. The first-order valence-corrected chi connectivity index (χ1v) is 11.1. The van der Waals surface area contributed by atoms with Crippen molar-refractivity contribution in [2.24, 2.45) is 0 Å². The Balaban J connectivity index is 2.03. The van der Waals surface area contributed by atoms with Crippen LogP contribution in [-0.2, 0) is 21.9 Å². The first kappa shape index (κ1) is 23.2. The summed E-state index contributed by atoms with van der Waals surface area (Å²) in [6, 6.07) is 12.9. The van der Waals surface area contributed by atoms with Gasteiger partial charge in [-0.2, -0.15) is 0 Å². The van der Waals surface area contributed by atoms with Gasteiger partial charge in [0.1, 0.15) is 11.9 Å². The Hall–Kier alpha value is -2.05. The van der Waals surface area contributed by atoms with Gasteiger partial charge in [-0.1, -0.05) is 42.8 Å². The fourth-order valence-corrected chi connectivity index (χ4v) is 3.68. The number of nitrogens with zero attached hydrogens (tertiary/aromatic N) is 1. The monoisotopic (exact) mass is 436 g/mol. The van der Waals surface area contributed by atoms with Gasteiger partial charge in [-0.25, -0.2) is 4.39 Å². The van der Waals surface area contributed by atoms with Crippen molar-refractivity contribution in [3.05, 3.63) is 70.5 Å². The van der Waals surface area contributed by atoms with Crippen molar-refractivity contribution in [2.45, 2.75) is 38.6 Å². The van der Waals surface area contributed by atoms with Crippen molar-refractivity contribution >= 4 is 35.2 Å². The van der Waals surface area contributed by atoms with E-state index >= 15 is 0 Å². The highest BCUT2D eigenvalue weighted by atomic mass is 35.5. The van der Waals surface area contributed by atoms with Crippen molar-refractivity contribution in [3.63, 3.8) is 0 Å². The van der Waals surface area contributed by atoms with Crippen molar-refractivity contribution in [2.75, 3.05) is 12.3 Å². The normalized spacial score (nSPS) is 11.7. The molecule has 1 N–H and O–H groups in total. The molecule has 1 atom stereocenters. The molecule has 2 amide bonds. The number of carbonyl (C=O) groups is 2. The fourth-order valence-electron chi connectivity index (χ4n) is 2.68. The van der Waals surface area contributed by atoms with Crippen molar-refractivity contribution in [1.82, 2.24) is 10.2 Å². The Kier molecular flexibility index (Phi) is 9.48. The van der Waals surface area contributed by atoms with Crippen LogP contribution in [0.5, 0.6) is 0 Å². The molecular weight excluding hydrogens is 411 g/mol. The topological polar surface area (TPSA) is 49.4 Å². The highest BCUT2D eigenvalue weighted by molar-refractivity contribution is 7.99. The molecule has 2 aromatic carbocycles. The van der Waals surface area contributed by atoms with Crippen LogP contribution in [0, 0.1) is 5.82 Å². The third-order valence-electron chi connectivity index (χ3n) is 4.39. The predicted molar refractivity (Wildman–Crippen MR) is 117 cm³/mol. The maximum absolute atomic E-state index is 13.0. The molecule has 0 aromatic heterocycles. The number of carbonyl (C=O) groups excluding carboxylic acids is 2. The quantitative estimate of drug-likeness (QED) is 0.589. The standard InChI is InChI=1S/C22H26ClFN2O2S/c1-3-12-25-22(28)16(2)26(13-17-4-8-19(23)9-5-17)21(27)15-29-14-18-6-10-20(24)11-7-18/h4-11,16H,3,12-15H2,1-2H3,(H,25,28)/t16-/m1/s1. The van der Waals surface area contributed by atoms with E-state index in [1.54, 1.807) is 36.1 Å². The van der Waals surface area contributed by atoms with E-state index < -0.39 is 6.04 Å². The number of benzene rings is 2. The summed E-state index contributed by atoms with van der Waals surface area (Å²) in [7, 11) is 0. The molecule has 2 rings (SSSR count). The van der Waals surface area contributed by atoms with E-state index in [1.807, 2.05) is 19.1 Å². The third-order valence-corrected chi connectivity index (χ3v) is 5.63. The molecule has 0 heterocycles. The van der Waals surface area contributed by atoms with Gasteiger partial charge >= 0.3 is 0 Å². The fraction of sp³-hybridized carbons (Fsp3) is 0.364. The molecule has 0 aliphatic heterocycles. The number of nitrogens with one attached hydrogen (secondary N) is 1. The minimum Gasteiger partial charge on any atom is -0.354 e. The Labute approximate surface area is 180 Å². The van der Waals surface area contributed by atoms with Gasteiger partial charge in [0.05, 0.1) is 5.75 Å². The zero-order valence-corrected chi connectivity index (χ0v) is 18.2. The van der Waals surface area contributed by atoms with E-state index in [1.165, 1.54) is 23.9 Å². The number of hydrogen-bond acceptors (Lipinski definition) is 3. The van der Waals surface area contributed by atoms with Gasteiger partial charge < -0.3 is 10.2 Å². The molecule has 4 nitrogen and oxygen atoms in total. The van der Waals surface area contributed by atoms with Crippen LogP contribution in [0.3, 0.4) is 0 Å². The molecule has 0 aliphatic rings. The predicted octanol–water partition coefficient (Wildman–Crippen LogP) is 4.66. The van der Waals surface area contributed by atoms with Crippen LogP contribution in [0.4, 0.5) is 4.39 Å². The van der Waals surface area contributed by atoms with Gasteiger partial charge in [0, 0.05) is 23.9 Å². The zero-order valence-electron chi connectivity index (χ0n) is 16.7. The smallest absolute Gasteiger partial charge is 0.242 e. The molecule has 0 aliphatic carbocycles. The summed E-state index contributed by atoms with van der Waals surface area (Å²) in [4.78, 5) is 27.0. The van der Waals surface area contributed by atoms with Crippen molar-refractivity contribution < 1.29 is 14.0 Å². The average molecular weight is 437 g/mol. The molecule has 2 aromatic rings. The summed E-state index contributed by atoms with van der Waals surface area (Å²) in [6.07, 6.45) is 0.830. The molecule has 0 fully saturated rings. The maximum atomic E-state index is 13.0. The Bertz CT molecular complexity index is 799. The minimum atomic E-state index is -0.587. The second-order valence-corrected chi connectivity index (χ2v) is 8.16. The summed E-state index contributed by atoms with van der Waals surface area (Å²) < 4.78 is 13.0. The lowest BCUT2D eigenvalue weighted by molar-refractivity contribution is -0.138. The van der Waals surface area contributed by atoms with E-state index in [2.05, 4.69) is 5.32 Å². The van der Waals surface area contributed by atoms with Crippen LogP contribution in [0.15, 0.2) is 48.5 Å². The largest absolute Gasteiger partial charge is 0.354 e. The molecule has 156 valence electrons. The summed E-state index contributed by atoms with van der Waals surface area (Å²) in [5.41, 5.74) is 1.85. The zero-order chi connectivity index (χ0) is 21.2. The van der Waals surface area contributed by atoms with Crippen molar-refractivity contribution in [3.8, 4) is 0 Å². The van der Waals surface area contributed by atoms with E-state index in [4.69, 9.17) is 11.6 Å². The van der Waals surface area contributed by atoms with Crippen LogP contribution >= 0.6 is 23.4 Å². The van der Waals surface area contributed by atoms with Gasteiger partial charge in [0.2, 0.25) is 11.8 Å². The van der Waals surface area contributed by atoms with E-state index in [0.717, 1.165) is 17.5 Å². The molecule has 0 unspecified atom stereocenters. The molecular formula is C22H26ClFN2O2S. The average Bonchev–Trinajstić information content (AvgIpc) is 2.72. The summed E-state index contributed by atoms with van der Waals surface area (Å²) >= 11 is 7.39. The van der Waals surface area contributed by atoms with Gasteiger partial charge in [-0.3, -0.25) is 9.59 Å². The second kappa shape index (κ2) is 11.8. The Morgan fingerprint density at radius 3 is 2.34 bits per heavy atom. The van der Waals surface area contributed by atoms with Crippen LogP contribution in [-0.4, -0.2) is 35.1 Å². The maximum Gasteiger partial charge on any atom is 0.242 e. The molecule has 7 heteroatoms. The number of rotatable bonds is 10. The number of amides is 2. The summed E-state index contributed by atoms with van der Waals surface area (Å²) in [5, 5.41) is 3.47. The van der Waals surface area contributed by atoms with Gasteiger partial charge in [-0.15, -0.1) is 11.8 Å². The number of hydrogen-bond donors (Lipinski definition) is 1. The molecule has 0 saturated heterocycles. The summed E-state index contributed by atoms with van der Waals surface area (Å²) in [5.74, 6) is 0.257. The van der Waals surface area contributed by atoms with Gasteiger partial charge in [-0.05, 0) is 48.7 Å². The Morgan fingerprint density at radius 1 is 1.10 bits per heavy atom.